The van der Waals surface area contributed by atoms with Crippen molar-refractivity contribution >= 4 is 22.0 Å². The highest BCUT2D eigenvalue weighted by Crippen LogP contribution is 2.26. The van der Waals surface area contributed by atoms with Gasteiger partial charge in [0.15, 0.2) is 0 Å². The van der Waals surface area contributed by atoms with Crippen LogP contribution in [0.4, 0.5) is 0 Å². The molecule has 1 aromatic carbocycles. The summed E-state index contributed by atoms with van der Waals surface area (Å²) in [4.78, 5) is 14.3. The largest absolute Gasteiger partial charge is 0.339 e. The Morgan fingerprint density at radius 3 is 2.29 bits per heavy atom. The van der Waals surface area contributed by atoms with E-state index in [0.29, 0.717) is 6.04 Å². The number of benzene rings is 1. The van der Waals surface area contributed by atoms with Crippen LogP contribution in [0, 0.1) is 5.92 Å². The van der Waals surface area contributed by atoms with Crippen molar-refractivity contribution in [3.05, 3.63) is 35.9 Å². The molecule has 0 radical (unpaired) electrons. The molecule has 1 aliphatic rings. The van der Waals surface area contributed by atoms with Crippen molar-refractivity contribution in [3.63, 3.8) is 0 Å². The van der Waals surface area contributed by atoms with Gasteiger partial charge in [0.2, 0.25) is 15.9 Å². The van der Waals surface area contributed by atoms with Gasteiger partial charge in [0, 0.05) is 19.2 Å². The molecule has 0 spiro atoms. The molecule has 5 nitrogen and oxygen atoms in total. The molecule has 0 aromatic heterocycles. The molecule has 0 atom stereocenters. The van der Waals surface area contributed by atoms with Gasteiger partial charge in [-0.05, 0) is 62.4 Å². The van der Waals surface area contributed by atoms with Gasteiger partial charge in [-0.2, -0.15) is 0 Å². The Labute approximate surface area is 144 Å². The van der Waals surface area contributed by atoms with Gasteiger partial charge in [0.05, 0.1) is 4.90 Å². The highest BCUT2D eigenvalue weighted by molar-refractivity contribution is 7.89. The Hall–Kier alpha value is -1.66. The van der Waals surface area contributed by atoms with Gasteiger partial charge in [-0.15, -0.1) is 0 Å². The molecular weight excluding hydrogens is 324 g/mol. The number of nitrogens with one attached hydrogen (secondary N) is 1. The van der Waals surface area contributed by atoms with Gasteiger partial charge in [0.25, 0.3) is 0 Å². The molecule has 0 saturated heterocycles. The number of likely N-dealkylation sites (N-methyl/N-ethyl adjacent to an activating group) is 1. The molecular formula is C18H26N2O3S. The second-order valence-electron chi connectivity index (χ2n) is 6.47. The average molecular weight is 350 g/mol. The molecule has 1 N–H and O–H groups in total. The minimum atomic E-state index is -3.43. The van der Waals surface area contributed by atoms with Crippen LogP contribution in [0.2, 0.25) is 0 Å². The summed E-state index contributed by atoms with van der Waals surface area (Å²) < 4.78 is 25.6. The van der Waals surface area contributed by atoms with Crippen LogP contribution in [-0.2, 0) is 14.8 Å². The van der Waals surface area contributed by atoms with E-state index >= 15 is 0 Å². The lowest BCUT2D eigenvalue weighted by atomic mass is 9.87. The Balaban J connectivity index is 1.98. The lowest BCUT2D eigenvalue weighted by Crippen LogP contribution is -2.38. The maximum Gasteiger partial charge on any atom is 0.246 e. The normalized spacial score (nSPS) is 21.8. The molecule has 1 saturated carbocycles. The van der Waals surface area contributed by atoms with E-state index in [-0.39, 0.29) is 10.8 Å². The van der Waals surface area contributed by atoms with Crippen molar-refractivity contribution in [2.24, 2.45) is 5.92 Å². The highest BCUT2D eigenvalue weighted by Gasteiger charge is 2.23. The third-order valence-corrected chi connectivity index (χ3v) is 6.19. The summed E-state index contributed by atoms with van der Waals surface area (Å²) in [5, 5.41) is 0. The van der Waals surface area contributed by atoms with Crippen molar-refractivity contribution in [2.45, 2.75) is 43.5 Å². The van der Waals surface area contributed by atoms with Crippen LogP contribution < -0.4 is 4.72 Å². The second-order valence-corrected chi connectivity index (χ2v) is 8.36. The average Bonchev–Trinajstić information content (AvgIpc) is 2.60. The number of rotatable bonds is 5. The van der Waals surface area contributed by atoms with E-state index in [0.717, 1.165) is 24.3 Å². The monoisotopic (exact) mass is 350 g/mol. The fourth-order valence-electron chi connectivity index (χ4n) is 2.97. The molecule has 0 heterocycles. The van der Waals surface area contributed by atoms with E-state index in [2.05, 4.69) is 11.6 Å². The molecule has 0 aliphatic heterocycles. The predicted octanol–water partition coefficient (Wildman–Crippen LogP) is 2.65. The smallest absolute Gasteiger partial charge is 0.246 e. The van der Waals surface area contributed by atoms with Crippen LogP contribution >= 0.6 is 0 Å². The van der Waals surface area contributed by atoms with Crippen molar-refractivity contribution in [3.8, 4) is 0 Å². The molecule has 6 heteroatoms. The molecule has 132 valence electrons. The maximum absolute atomic E-state index is 12.3. The summed E-state index contributed by atoms with van der Waals surface area (Å²) in [5.41, 5.74) is 0.795. The molecule has 0 bridgehead atoms. The van der Waals surface area contributed by atoms with Gasteiger partial charge in [-0.1, -0.05) is 19.1 Å². The molecule has 24 heavy (non-hydrogen) atoms. The van der Waals surface area contributed by atoms with Crippen LogP contribution in [-0.4, -0.2) is 39.4 Å². The summed E-state index contributed by atoms with van der Waals surface area (Å²) in [6.45, 7) is 2.26. The van der Waals surface area contributed by atoms with Crippen LogP contribution in [0.3, 0.4) is 0 Å². The van der Waals surface area contributed by atoms with Crippen LogP contribution in [0.5, 0.6) is 0 Å². The van der Waals surface area contributed by atoms with Gasteiger partial charge in [-0.3, -0.25) is 4.79 Å². The third kappa shape index (κ3) is 4.68. The summed E-state index contributed by atoms with van der Waals surface area (Å²) in [7, 11) is -0.192. The summed E-state index contributed by atoms with van der Waals surface area (Å²) in [6, 6.07) is 6.76. The van der Waals surface area contributed by atoms with E-state index in [1.165, 1.54) is 32.0 Å². The van der Waals surface area contributed by atoms with E-state index < -0.39 is 10.0 Å². The summed E-state index contributed by atoms with van der Waals surface area (Å²) in [5.74, 6) is 0.745. The fourth-order valence-corrected chi connectivity index (χ4v) is 3.70. The number of carbonyl (C=O) groups is 1. The number of amides is 1. The number of carbonyl (C=O) groups excluding carboxylic acids is 1. The zero-order chi connectivity index (χ0) is 17.7. The van der Waals surface area contributed by atoms with E-state index in [9.17, 15) is 13.2 Å². The van der Waals surface area contributed by atoms with E-state index in [1.54, 1.807) is 24.3 Å². The lowest BCUT2D eigenvalue weighted by molar-refractivity contribution is -0.127. The third-order valence-electron chi connectivity index (χ3n) is 4.76. The van der Waals surface area contributed by atoms with Crippen LogP contribution in [0.1, 0.15) is 38.2 Å². The molecule has 1 aliphatic carbocycles. The van der Waals surface area contributed by atoms with Gasteiger partial charge in [0.1, 0.15) is 0 Å². The Morgan fingerprint density at radius 2 is 1.75 bits per heavy atom. The van der Waals surface area contributed by atoms with Crippen molar-refractivity contribution in [2.75, 3.05) is 14.1 Å². The highest BCUT2D eigenvalue weighted by atomic mass is 32.2. The SMILES string of the molecule is CNS(=O)(=O)c1ccc(/C=C/C(=O)N(C)C2CCC(C)CC2)cc1. The van der Waals surface area contributed by atoms with Crippen molar-refractivity contribution in [1.82, 2.24) is 9.62 Å². The Bertz CT molecular complexity index is 687. The minimum absolute atomic E-state index is 0.0125. The topological polar surface area (TPSA) is 66.5 Å². The first-order valence-electron chi connectivity index (χ1n) is 8.32. The molecule has 2 rings (SSSR count). The summed E-state index contributed by atoms with van der Waals surface area (Å²) in [6.07, 6.45) is 7.75. The fraction of sp³-hybridized carbons (Fsp3) is 0.500. The van der Waals surface area contributed by atoms with Gasteiger partial charge in [-0.25, -0.2) is 13.1 Å². The molecule has 1 fully saturated rings. The Kier molecular flexibility index (Phi) is 6.18. The van der Waals surface area contributed by atoms with Gasteiger partial charge >= 0.3 is 0 Å². The van der Waals surface area contributed by atoms with E-state index in [1.807, 2.05) is 11.9 Å². The zero-order valence-electron chi connectivity index (χ0n) is 14.5. The first kappa shape index (κ1) is 18.7. The lowest BCUT2D eigenvalue weighted by Gasteiger charge is -2.33. The first-order valence-corrected chi connectivity index (χ1v) is 9.80. The minimum Gasteiger partial charge on any atom is -0.339 e. The zero-order valence-corrected chi connectivity index (χ0v) is 15.3. The van der Waals surface area contributed by atoms with Crippen LogP contribution in [0.25, 0.3) is 6.08 Å². The molecule has 0 unspecified atom stereocenters. The number of hydrogen-bond acceptors (Lipinski definition) is 3. The second kappa shape index (κ2) is 7.94. The number of nitrogens with zero attached hydrogens (tertiary/aromatic N) is 1. The number of hydrogen-bond donors (Lipinski definition) is 1. The first-order chi connectivity index (χ1) is 11.3. The maximum atomic E-state index is 12.3. The quantitative estimate of drug-likeness (QED) is 0.830. The predicted molar refractivity (Wildman–Crippen MR) is 95.9 cm³/mol. The van der Waals surface area contributed by atoms with Crippen LogP contribution in [0.15, 0.2) is 35.2 Å². The van der Waals surface area contributed by atoms with Crippen molar-refractivity contribution in [1.29, 1.82) is 0 Å². The molecule has 1 amide bonds. The number of sulfonamides is 1. The van der Waals surface area contributed by atoms with E-state index in [4.69, 9.17) is 0 Å². The van der Waals surface area contributed by atoms with Crippen molar-refractivity contribution < 1.29 is 13.2 Å². The Morgan fingerprint density at radius 1 is 1.17 bits per heavy atom. The molecule has 1 aromatic rings. The standard InChI is InChI=1S/C18H26N2O3S/c1-14-4-9-16(10-5-14)20(3)18(21)13-8-15-6-11-17(12-7-15)24(22,23)19-2/h6-8,11-14,16,19H,4-5,9-10H2,1-3H3/b13-8+. The summed E-state index contributed by atoms with van der Waals surface area (Å²) >= 11 is 0. The van der Waals surface area contributed by atoms with Gasteiger partial charge < -0.3 is 4.90 Å².